The molecule has 0 spiro atoms. The van der Waals surface area contributed by atoms with Gasteiger partial charge in [0.05, 0.1) is 6.54 Å². The molecule has 0 aliphatic rings. The molecule has 0 bridgehead atoms. The number of carbonyl (C=O) groups is 2. The molecule has 132 valence electrons. The zero-order valence-electron chi connectivity index (χ0n) is 15.2. The minimum absolute atomic E-state index is 0.00969. The lowest BCUT2D eigenvalue weighted by atomic mass is 10.1. The van der Waals surface area contributed by atoms with E-state index in [0.717, 1.165) is 27.9 Å². The predicted molar refractivity (Wildman–Crippen MR) is 101 cm³/mol. The highest BCUT2D eigenvalue weighted by Crippen LogP contribution is 2.21. The summed E-state index contributed by atoms with van der Waals surface area (Å²) < 4.78 is 0. The molecule has 25 heavy (non-hydrogen) atoms. The average Bonchev–Trinajstić information content (AvgIpc) is 2.57. The van der Waals surface area contributed by atoms with Crippen molar-refractivity contribution in [3.8, 4) is 0 Å². The van der Waals surface area contributed by atoms with E-state index in [-0.39, 0.29) is 18.4 Å². The van der Waals surface area contributed by atoms with Crippen molar-refractivity contribution in [2.24, 2.45) is 5.73 Å². The van der Waals surface area contributed by atoms with Crippen LogP contribution in [-0.2, 0) is 11.3 Å². The number of carbonyl (C=O) groups excluding carboxylic acids is 2. The number of hydrogen-bond acceptors (Lipinski definition) is 3. The standard InChI is InChI=1S/C20H25N3O2/c1-13-9-14(2)19(15(3)10-13)22-18(24)12-23(4)20(25)17-7-5-16(11-21)6-8-17/h5-10H,11-12,21H2,1-4H3,(H,22,24). The summed E-state index contributed by atoms with van der Waals surface area (Å²) in [6.07, 6.45) is 0. The maximum absolute atomic E-state index is 12.4. The second kappa shape index (κ2) is 7.94. The number of hydrogen-bond donors (Lipinski definition) is 2. The third kappa shape index (κ3) is 4.67. The van der Waals surface area contributed by atoms with Gasteiger partial charge in [-0.25, -0.2) is 0 Å². The Morgan fingerprint density at radius 1 is 1.04 bits per heavy atom. The summed E-state index contributed by atoms with van der Waals surface area (Å²) in [7, 11) is 1.62. The second-order valence-electron chi connectivity index (χ2n) is 6.38. The number of nitrogens with two attached hydrogens (primary N) is 1. The van der Waals surface area contributed by atoms with E-state index in [4.69, 9.17) is 5.73 Å². The lowest BCUT2D eigenvalue weighted by Gasteiger charge is -2.18. The molecule has 0 atom stereocenters. The third-order valence-corrected chi connectivity index (χ3v) is 4.11. The van der Waals surface area contributed by atoms with Gasteiger partial charge in [0, 0.05) is 24.8 Å². The molecular formula is C20H25N3O2. The van der Waals surface area contributed by atoms with Crippen molar-refractivity contribution in [3.05, 3.63) is 64.2 Å². The van der Waals surface area contributed by atoms with Crippen LogP contribution in [0, 0.1) is 20.8 Å². The molecule has 0 aromatic heterocycles. The molecule has 0 aliphatic carbocycles. The van der Waals surface area contributed by atoms with E-state index in [9.17, 15) is 9.59 Å². The van der Waals surface area contributed by atoms with E-state index in [1.54, 1.807) is 19.2 Å². The molecule has 2 aromatic carbocycles. The van der Waals surface area contributed by atoms with E-state index in [2.05, 4.69) is 5.32 Å². The van der Waals surface area contributed by atoms with Crippen molar-refractivity contribution in [3.63, 3.8) is 0 Å². The van der Waals surface area contributed by atoms with Gasteiger partial charge in [-0.2, -0.15) is 0 Å². The maximum atomic E-state index is 12.4. The van der Waals surface area contributed by atoms with Crippen LogP contribution in [0.5, 0.6) is 0 Å². The van der Waals surface area contributed by atoms with Crippen molar-refractivity contribution in [1.82, 2.24) is 4.90 Å². The predicted octanol–water partition coefficient (Wildman–Crippen LogP) is 2.78. The fourth-order valence-corrected chi connectivity index (χ4v) is 2.85. The molecule has 3 N–H and O–H groups in total. The monoisotopic (exact) mass is 339 g/mol. The number of amides is 2. The Morgan fingerprint density at radius 3 is 2.12 bits per heavy atom. The molecule has 5 heteroatoms. The Balaban J connectivity index is 2.03. The summed E-state index contributed by atoms with van der Waals surface area (Å²) in [5.41, 5.74) is 11.0. The number of aryl methyl sites for hydroxylation is 3. The van der Waals surface area contributed by atoms with Crippen molar-refractivity contribution in [2.75, 3.05) is 18.9 Å². The molecule has 5 nitrogen and oxygen atoms in total. The number of nitrogens with zero attached hydrogens (tertiary/aromatic N) is 1. The first kappa shape index (κ1) is 18.7. The Labute approximate surface area is 148 Å². The number of nitrogens with one attached hydrogen (secondary N) is 1. The van der Waals surface area contributed by atoms with Gasteiger partial charge in [0.1, 0.15) is 0 Å². The fraction of sp³-hybridized carbons (Fsp3) is 0.300. The molecule has 2 amide bonds. The van der Waals surface area contributed by atoms with Crippen LogP contribution < -0.4 is 11.1 Å². The Kier molecular flexibility index (Phi) is 5.93. The van der Waals surface area contributed by atoms with Gasteiger partial charge in [0.15, 0.2) is 0 Å². The summed E-state index contributed by atoms with van der Waals surface area (Å²) in [6.45, 7) is 6.37. The van der Waals surface area contributed by atoms with Crippen molar-refractivity contribution in [2.45, 2.75) is 27.3 Å². The summed E-state index contributed by atoms with van der Waals surface area (Å²) in [5, 5.41) is 2.91. The topological polar surface area (TPSA) is 75.4 Å². The van der Waals surface area contributed by atoms with Gasteiger partial charge in [0.25, 0.3) is 5.91 Å². The number of benzene rings is 2. The van der Waals surface area contributed by atoms with Gasteiger partial charge >= 0.3 is 0 Å². The first-order valence-corrected chi connectivity index (χ1v) is 8.24. The van der Waals surface area contributed by atoms with Gasteiger partial charge in [-0.05, 0) is 49.6 Å². The van der Waals surface area contributed by atoms with E-state index in [0.29, 0.717) is 12.1 Å². The summed E-state index contributed by atoms with van der Waals surface area (Å²) in [6, 6.07) is 11.1. The Hall–Kier alpha value is -2.66. The van der Waals surface area contributed by atoms with Gasteiger partial charge in [0.2, 0.25) is 5.91 Å². The first-order chi connectivity index (χ1) is 11.8. The van der Waals surface area contributed by atoms with Crippen molar-refractivity contribution >= 4 is 17.5 Å². The molecule has 0 fully saturated rings. The van der Waals surface area contributed by atoms with Gasteiger partial charge in [-0.3, -0.25) is 9.59 Å². The van der Waals surface area contributed by atoms with Crippen molar-refractivity contribution < 1.29 is 9.59 Å². The zero-order chi connectivity index (χ0) is 18.6. The number of anilines is 1. The normalized spacial score (nSPS) is 10.4. The average molecular weight is 339 g/mol. The molecular weight excluding hydrogens is 314 g/mol. The third-order valence-electron chi connectivity index (χ3n) is 4.11. The minimum atomic E-state index is -0.218. The summed E-state index contributed by atoms with van der Waals surface area (Å²) in [4.78, 5) is 26.2. The van der Waals surface area contributed by atoms with E-state index in [1.807, 2.05) is 45.0 Å². The molecule has 0 heterocycles. The van der Waals surface area contributed by atoms with Crippen LogP contribution in [0.15, 0.2) is 36.4 Å². The lowest BCUT2D eigenvalue weighted by Crippen LogP contribution is -2.35. The van der Waals surface area contributed by atoms with Crippen LogP contribution in [0.4, 0.5) is 5.69 Å². The van der Waals surface area contributed by atoms with Gasteiger partial charge < -0.3 is 16.0 Å². The molecule has 0 unspecified atom stereocenters. The van der Waals surface area contributed by atoms with Crippen molar-refractivity contribution in [1.29, 1.82) is 0 Å². The second-order valence-corrected chi connectivity index (χ2v) is 6.38. The zero-order valence-corrected chi connectivity index (χ0v) is 15.2. The SMILES string of the molecule is Cc1cc(C)c(NC(=O)CN(C)C(=O)c2ccc(CN)cc2)c(C)c1. The quantitative estimate of drug-likeness (QED) is 0.879. The fourth-order valence-electron chi connectivity index (χ4n) is 2.85. The summed E-state index contributed by atoms with van der Waals surface area (Å²) >= 11 is 0. The maximum Gasteiger partial charge on any atom is 0.254 e. The molecule has 2 aromatic rings. The van der Waals surface area contributed by atoms with Crippen LogP contribution in [0.3, 0.4) is 0 Å². The first-order valence-electron chi connectivity index (χ1n) is 8.24. The van der Waals surface area contributed by atoms with E-state index >= 15 is 0 Å². The Bertz CT molecular complexity index is 759. The number of rotatable bonds is 5. The van der Waals surface area contributed by atoms with Gasteiger partial charge in [-0.15, -0.1) is 0 Å². The largest absolute Gasteiger partial charge is 0.332 e. The van der Waals surface area contributed by atoms with Crippen LogP contribution in [0.25, 0.3) is 0 Å². The highest BCUT2D eigenvalue weighted by molar-refractivity contribution is 5.99. The van der Waals surface area contributed by atoms with Crippen LogP contribution in [0.2, 0.25) is 0 Å². The lowest BCUT2D eigenvalue weighted by molar-refractivity contribution is -0.116. The number of likely N-dealkylation sites (N-methyl/N-ethyl adjacent to an activating group) is 1. The molecule has 0 radical (unpaired) electrons. The van der Waals surface area contributed by atoms with Crippen LogP contribution in [0.1, 0.15) is 32.6 Å². The molecule has 0 saturated carbocycles. The highest BCUT2D eigenvalue weighted by Gasteiger charge is 2.16. The summed E-state index contributed by atoms with van der Waals surface area (Å²) in [5.74, 6) is -0.416. The molecule has 0 saturated heterocycles. The van der Waals surface area contributed by atoms with Crippen LogP contribution in [-0.4, -0.2) is 30.3 Å². The van der Waals surface area contributed by atoms with Crippen LogP contribution >= 0.6 is 0 Å². The smallest absolute Gasteiger partial charge is 0.254 e. The van der Waals surface area contributed by atoms with E-state index < -0.39 is 0 Å². The molecule has 0 aliphatic heterocycles. The van der Waals surface area contributed by atoms with Gasteiger partial charge in [-0.1, -0.05) is 29.8 Å². The Morgan fingerprint density at radius 2 is 1.60 bits per heavy atom. The highest BCUT2D eigenvalue weighted by atomic mass is 16.2. The molecule has 2 rings (SSSR count). The minimum Gasteiger partial charge on any atom is -0.332 e. The van der Waals surface area contributed by atoms with E-state index in [1.165, 1.54) is 4.90 Å².